The maximum atomic E-state index is 12.6. The predicted molar refractivity (Wildman–Crippen MR) is 87.5 cm³/mol. The lowest BCUT2D eigenvalue weighted by molar-refractivity contribution is 0.0501. The lowest BCUT2D eigenvalue weighted by Crippen LogP contribution is -2.52. The monoisotopic (exact) mass is 316 g/mol. The van der Waals surface area contributed by atoms with Crippen LogP contribution in [0.2, 0.25) is 0 Å². The summed E-state index contributed by atoms with van der Waals surface area (Å²) in [4.78, 5) is 16.8. The summed E-state index contributed by atoms with van der Waals surface area (Å²) in [5, 5.41) is 4.43. The molecule has 2 aromatic rings. The van der Waals surface area contributed by atoms with Gasteiger partial charge in [-0.05, 0) is 46.0 Å². The molecule has 0 N–H and O–H groups in total. The molecule has 0 aliphatic carbocycles. The number of piperazine rings is 1. The van der Waals surface area contributed by atoms with Crippen LogP contribution >= 0.6 is 0 Å². The van der Waals surface area contributed by atoms with Crippen molar-refractivity contribution in [2.24, 2.45) is 0 Å². The average Bonchev–Trinajstić information content (AvgIpc) is 3.06. The molecule has 0 saturated carbocycles. The Morgan fingerprint density at radius 2 is 2.13 bits per heavy atom. The second-order valence-corrected chi connectivity index (χ2v) is 6.46. The van der Waals surface area contributed by atoms with Gasteiger partial charge in [0, 0.05) is 31.4 Å². The molecular weight excluding hydrogens is 292 g/mol. The number of nitrogens with zero attached hydrogens (tertiary/aromatic N) is 4. The fraction of sp³-hybridized carbons (Fsp3) is 0.529. The highest BCUT2D eigenvalue weighted by Crippen LogP contribution is 2.17. The summed E-state index contributed by atoms with van der Waals surface area (Å²) in [5.41, 5.74) is 2.07. The van der Waals surface area contributed by atoms with Gasteiger partial charge in [-0.1, -0.05) is 0 Å². The van der Waals surface area contributed by atoms with Gasteiger partial charge in [0.1, 0.15) is 5.76 Å². The molecular formula is C17H24N4O2. The van der Waals surface area contributed by atoms with Gasteiger partial charge in [0.25, 0.3) is 5.91 Å². The Morgan fingerprint density at radius 1 is 1.35 bits per heavy atom. The summed E-state index contributed by atoms with van der Waals surface area (Å²) in [6.45, 7) is 9.14. The lowest BCUT2D eigenvalue weighted by atomic mass is 10.2. The van der Waals surface area contributed by atoms with Crippen molar-refractivity contribution in [3.8, 4) is 0 Å². The predicted octanol–water partition coefficient (Wildman–Crippen LogP) is 1.92. The number of amides is 1. The topological polar surface area (TPSA) is 54.5 Å². The molecule has 1 atom stereocenters. The second kappa shape index (κ2) is 6.20. The van der Waals surface area contributed by atoms with Crippen molar-refractivity contribution in [3.05, 3.63) is 41.1 Å². The molecule has 0 bridgehead atoms. The minimum Gasteiger partial charge on any atom is -0.454 e. The van der Waals surface area contributed by atoms with E-state index in [0.29, 0.717) is 12.3 Å². The third-order valence-electron chi connectivity index (χ3n) is 4.37. The third-order valence-corrected chi connectivity index (χ3v) is 4.37. The number of likely N-dealkylation sites (N-methyl/N-ethyl adjacent to an activating group) is 1. The van der Waals surface area contributed by atoms with E-state index in [9.17, 15) is 4.79 Å². The van der Waals surface area contributed by atoms with Crippen LogP contribution in [-0.2, 0) is 6.54 Å². The highest BCUT2D eigenvalue weighted by Gasteiger charge is 2.28. The molecule has 6 heteroatoms. The normalized spacial score (nSPS) is 19.3. The van der Waals surface area contributed by atoms with Gasteiger partial charge in [0.2, 0.25) is 0 Å². The van der Waals surface area contributed by atoms with Crippen LogP contribution in [0.15, 0.2) is 22.6 Å². The molecule has 0 unspecified atom stereocenters. The summed E-state index contributed by atoms with van der Waals surface area (Å²) >= 11 is 0. The number of aryl methyl sites for hydroxylation is 2. The number of aromatic nitrogens is 2. The second-order valence-electron chi connectivity index (χ2n) is 6.46. The maximum absolute atomic E-state index is 12.6. The van der Waals surface area contributed by atoms with Crippen molar-refractivity contribution in [2.75, 3.05) is 26.7 Å². The van der Waals surface area contributed by atoms with E-state index in [1.54, 1.807) is 6.07 Å². The molecule has 1 aliphatic rings. The SMILES string of the molecule is Cc1cc(C)n(Cc2ccc(C(=O)N3CCN(C)C[C@H]3C)o2)n1. The molecule has 1 fully saturated rings. The van der Waals surface area contributed by atoms with E-state index in [1.165, 1.54) is 0 Å². The number of carbonyl (C=O) groups is 1. The molecule has 1 saturated heterocycles. The van der Waals surface area contributed by atoms with Gasteiger partial charge >= 0.3 is 0 Å². The minimum atomic E-state index is -0.0229. The smallest absolute Gasteiger partial charge is 0.289 e. The van der Waals surface area contributed by atoms with Crippen molar-refractivity contribution in [3.63, 3.8) is 0 Å². The standard InChI is InChI=1S/C17H24N4O2/c1-12-9-13(2)21(18-12)11-15-5-6-16(23-15)17(22)20-8-7-19(4)10-14(20)3/h5-6,9,14H,7-8,10-11H2,1-4H3/t14-/m1/s1. The van der Waals surface area contributed by atoms with Gasteiger partial charge in [-0.25, -0.2) is 0 Å². The van der Waals surface area contributed by atoms with E-state index in [2.05, 4.69) is 24.0 Å². The summed E-state index contributed by atoms with van der Waals surface area (Å²) in [6, 6.07) is 5.87. The lowest BCUT2D eigenvalue weighted by Gasteiger charge is -2.37. The number of hydrogen-bond acceptors (Lipinski definition) is 4. The van der Waals surface area contributed by atoms with Crippen LogP contribution < -0.4 is 0 Å². The zero-order chi connectivity index (χ0) is 16.6. The molecule has 1 amide bonds. The molecule has 1 aliphatic heterocycles. The maximum Gasteiger partial charge on any atom is 0.289 e. The molecule has 124 valence electrons. The molecule has 0 radical (unpaired) electrons. The Morgan fingerprint density at radius 3 is 2.78 bits per heavy atom. The van der Waals surface area contributed by atoms with Crippen molar-refractivity contribution < 1.29 is 9.21 Å². The number of rotatable bonds is 3. The van der Waals surface area contributed by atoms with Gasteiger partial charge in [-0.3, -0.25) is 9.48 Å². The van der Waals surface area contributed by atoms with E-state index in [-0.39, 0.29) is 11.9 Å². The summed E-state index contributed by atoms with van der Waals surface area (Å²) < 4.78 is 7.67. The van der Waals surface area contributed by atoms with E-state index in [0.717, 1.165) is 36.8 Å². The minimum absolute atomic E-state index is 0.0229. The zero-order valence-electron chi connectivity index (χ0n) is 14.2. The molecule has 3 heterocycles. The summed E-state index contributed by atoms with van der Waals surface area (Å²) in [6.07, 6.45) is 0. The number of furan rings is 1. The highest BCUT2D eigenvalue weighted by atomic mass is 16.4. The van der Waals surface area contributed by atoms with Crippen LogP contribution in [0, 0.1) is 13.8 Å². The molecule has 3 rings (SSSR count). The first-order valence-corrected chi connectivity index (χ1v) is 8.03. The summed E-state index contributed by atoms with van der Waals surface area (Å²) in [7, 11) is 2.08. The first-order chi connectivity index (χ1) is 10.9. The van der Waals surface area contributed by atoms with Gasteiger partial charge in [0.15, 0.2) is 5.76 Å². The first-order valence-electron chi connectivity index (χ1n) is 8.03. The Balaban J connectivity index is 1.71. The van der Waals surface area contributed by atoms with Crippen molar-refractivity contribution >= 4 is 5.91 Å². The highest BCUT2D eigenvalue weighted by molar-refractivity contribution is 5.91. The van der Waals surface area contributed by atoms with Crippen molar-refractivity contribution in [1.29, 1.82) is 0 Å². The van der Waals surface area contributed by atoms with Crippen LogP contribution in [0.3, 0.4) is 0 Å². The van der Waals surface area contributed by atoms with Crippen molar-refractivity contribution in [1.82, 2.24) is 19.6 Å². The molecule has 0 spiro atoms. The van der Waals surface area contributed by atoms with E-state index < -0.39 is 0 Å². The van der Waals surface area contributed by atoms with Crippen LogP contribution in [-0.4, -0.2) is 58.2 Å². The Kier molecular flexibility index (Phi) is 4.26. The number of hydrogen-bond donors (Lipinski definition) is 0. The fourth-order valence-electron chi connectivity index (χ4n) is 3.14. The summed E-state index contributed by atoms with van der Waals surface area (Å²) in [5.74, 6) is 1.14. The number of carbonyl (C=O) groups excluding carboxylic acids is 1. The Labute approximate surface area is 136 Å². The molecule has 2 aromatic heterocycles. The van der Waals surface area contributed by atoms with E-state index in [4.69, 9.17) is 4.42 Å². The average molecular weight is 316 g/mol. The first kappa shape index (κ1) is 15.8. The zero-order valence-corrected chi connectivity index (χ0v) is 14.2. The quantitative estimate of drug-likeness (QED) is 0.868. The fourth-order valence-corrected chi connectivity index (χ4v) is 3.14. The molecule has 0 aromatic carbocycles. The van der Waals surface area contributed by atoms with Crippen LogP contribution in [0.4, 0.5) is 0 Å². The molecule has 6 nitrogen and oxygen atoms in total. The van der Waals surface area contributed by atoms with Gasteiger partial charge in [-0.15, -0.1) is 0 Å². The Bertz CT molecular complexity index is 703. The third kappa shape index (κ3) is 3.32. The van der Waals surface area contributed by atoms with Crippen LogP contribution in [0.1, 0.15) is 34.6 Å². The Hall–Kier alpha value is -2.08. The largest absolute Gasteiger partial charge is 0.454 e. The van der Waals surface area contributed by atoms with Gasteiger partial charge < -0.3 is 14.2 Å². The molecule has 23 heavy (non-hydrogen) atoms. The van der Waals surface area contributed by atoms with Crippen molar-refractivity contribution in [2.45, 2.75) is 33.4 Å². The van der Waals surface area contributed by atoms with Gasteiger partial charge in [-0.2, -0.15) is 5.10 Å². The van der Waals surface area contributed by atoms with Crippen LogP contribution in [0.25, 0.3) is 0 Å². The van der Waals surface area contributed by atoms with E-state index in [1.807, 2.05) is 35.6 Å². The van der Waals surface area contributed by atoms with Crippen LogP contribution in [0.5, 0.6) is 0 Å². The van der Waals surface area contributed by atoms with Gasteiger partial charge in [0.05, 0.1) is 12.2 Å². The van der Waals surface area contributed by atoms with E-state index >= 15 is 0 Å².